The Morgan fingerprint density at radius 3 is 2.57 bits per heavy atom. The van der Waals surface area contributed by atoms with Crippen LogP contribution in [0.5, 0.6) is 0 Å². The molecule has 0 spiro atoms. The largest absolute Gasteiger partial charge is 0.466 e. The quantitative estimate of drug-likeness (QED) is 0.485. The molecule has 1 amide bonds. The molecule has 0 saturated carbocycles. The molecule has 30 heavy (non-hydrogen) atoms. The molecule has 1 N–H and O–H groups in total. The van der Waals surface area contributed by atoms with E-state index in [2.05, 4.69) is 5.32 Å². The van der Waals surface area contributed by atoms with E-state index in [0.717, 1.165) is 22.4 Å². The molecule has 3 aromatic carbocycles. The number of esters is 1. The Kier molecular flexibility index (Phi) is 5.70. The lowest BCUT2D eigenvalue weighted by atomic mass is 9.90. The van der Waals surface area contributed by atoms with Crippen LogP contribution in [0.15, 0.2) is 83.9 Å². The number of carbonyl (C=O) groups is 2. The molecule has 1 unspecified atom stereocenters. The van der Waals surface area contributed by atoms with Crippen LogP contribution in [0.4, 0.5) is 11.4 Å². The predicted octanol–water partition coefficient (Wildman–Crippen LogP) is 4.65. The van der Waals surface area contributed by atoms with Gasteiger partial charge in [-0.3, -0.25) is 14.6 Å². The molecule has 0 saturated heterocycles. The average Bonchev–Trinajstić information content (AvgIpc) is 3.08. The highest BCUT2D eigenvalue weighted by atomic mass is 16.5. The molecule has 0 aliphatic carbocycles. The highest BCUT2D eigenvalue weighted by Gasteiger charge is 2.35. The number of nitrogens with one attached hydrogen (secondary N) is 1. The van der Waals surface area contributed by atoms with Gasteiger partial charge in [-0.15, -0.1) is 0 Å². The van der Waals surface area contributed by atoms with Crippen LogP contribution in [0.1, 0.15) is 29.5 Å². The molecule has 0 fully saturated rings. The number of amides is 1. The van der Waals surface area contributed by atoms with Crippen molar-refractivity contribution in [3.63, 3.8) is 0 Å². The van der Waals surface area contributed by atoms with E-state index in [0.29, 0.717) is 18.0 Å². The zero-order valence-corrected chi connectivity index (χ0v) is 16.7. The number of hydrogen-bond donors (Lipinski definition) is 1. The first kappa shape index (κ1) is 19.6. The summed E-state index contributed by atoms with van der Waals surface area (Å²) in [7, 11) is 0. The van der Waals surface area contributed by atoms with Crippen molar-refractivity contribution in [1.82, 2.24) is 0 Å². The van der Waals surface area contributed by atoms with Gasteiger partial charge in [-0.2, -0.15) is 0 Å². The first-order valence-corrected chi connectivity index (χ1v) is 9.94. The summed E-state index contributed by atoms with van der Waals surface area (Å²) in [4.78, 5) is 29.6. The third kappa shape index (κ3) is 4.15. The van der Waals surface area contributed by atoms with Gasteiger partial charge >= 0.3 is 5.97 Å². The number of fused-ring (bicyclic) bond motifs is 1. The van der Waals surface area contributed by atoms with Crippen molar-refractivity contribution >= 4 is 29.0 Å². The molecule has 150 valence electrons. The van der Waals surface area contributed by atoms with Crippen LogP contribution < -0.4 is 5.32 Å². The van der Waals surface area contributed by atoms with Gasteiger partial charge in [0.25, 0.3) is 0 Å². The van der Waals surface area contributed by atoms with E-state index >= 15 is 0 Å². The second-order valence-electron chi connectivity index (χ2n) is 7.02. The van der Waals surface area contributed by atoms with Gasteiger partial charge in [-0.25, -0.2) is 0 Å². The topological polar surface area (TPSA) is 67.8 Å². The molecule has 5 nitrogen and oxygen atoms in total. The van der Waals surface area contributed by atoms with Crippen LogP contribution in [0.2, 0.25) is 0 Å². The van der Waals surface area contributed by atoms with E-state index in [1.165, 1.54) is 0 Å². The van der Waals surface area contributed by atoms with E-state index in [1.807, 2.05) is 78.9 Å². The van der Waals surface area contributed by atoms with E-state index < -0.39 is 5.92 Å². The number of benzene rings is 3. The Hall–Kier alpha value is -3.73. The lowest BCUT2D eigenvalue weighted by Crippen LogP contribution is -2.22. The maximum Gasteiger partial charge on any atom is 0.310 e. The second kappa shape index (κ2) is 8.74. The van der Waals surface area contributed by atoms with Crippen molar-refractivity contribution in [2.75, 3.05) is 11.9 Å². The summed E-state index contributed by atoms with van der Waals surface area (Å²) in [6.45, 7) is 2.14. The van der Waals surface area contributed by atoms with Gasteiger partial charge in [0.05, 0.1) is 24.4 Å². The van der Waals surface area contributed by atoms with Gasteiger partial charge in [-0.1, -0.05) is 60.7 Å². The van der Waals surface area contributed by atoms with Crippen molar-refractivity contribution in [3.05, 3.63) is 95.6 Å². The molecular weight excluding hydrogens is 376 g/mol. The van der Waals surface area contributed by atoms with Crippen molar-refractivity contribution in [3.8, 4) is 0 Å². The summed E-state index contributed by atoms with van der Waals surface area (Å²) in [5.41, 5.74) is 4.78. The summed E-state index contributed by atoms with van der Waals surface area (Å²) < 4.78 is 5.04. The minimum Gasteiger partial charge on any atom is -0.466 e. The fourth-order valence-electron chi connectivity index (χ4n) is 3.64. The summed E-state index contributed by atoms with van der Waals surface area (Å²) in [5.74, 6) is -0.871. The fourth-order valence-corrected chi connectivity index (χ4v) is 3.64. The molecule has 3 aromatic rings. The molecule has 0 aromatic heterocycles. The third-order valence-electron chi connectivity index (χ3n) is 4.95. The highest BCUT2D eigenvalue weighted by Crippen LogP contribution is 2.36. The first-order chi connectivity index (χ1) is 14.7. The number of rotatable bonds is 6. The molecule has 1 aliphatic rings. The molecule has 5 heteroatoms. The normalized spacial score (nSPS) is 15.4. The van der Waals surface area contributed by atoms with Gasteiger partial charge in [0.15, 0.2) is 0 Å². The Bertz CT molecular complexity index is 1110. The molecular formula is C25H22N2O3. The molecule has 0 bridgehead atoms. The third-order valence-corrected chi connectivity index (χ3v) is 4.95. The number of ether oxygens (including phenoxy) is 1. The predicted molar refractivity (Wildman–Crippen MR) is 117 cm³/mol. The molecule has 0 radical (unpaired) electrons. The van der Waals surface area contributed by atoms with Crippen molar-refractivity contribution in [1.29, 1.82) is 0 Å². The Balaban J connectivity index is 1.76. The van der Waals surface area contributed by atoms with Gasteiger partial charge in [0, 0.05) is 5.69 Å². The van der Waals surface area contributed by atoms with Gasteiger partial charge in [0.2, 0.25) is 5.91 Å². The molecule has 1 heterocycles. The highest BCUT2D eigenvalue weighted by molar-refractivity contribution is 6.24. The van der Waals surface area contributed by atoms with Crippen LogP contribution in [-0.2, 0) is 20.7 Å². The number of aliphatic imine (C=N–C) groups is 1. The monoisotopic (exact) mass is 398 g/mol. The van der Waals surface area contributed by atoms with Crippen molar-refractivity contribution in [2.24, 2.45) is 4.99 Å². The lowest BCUT2D eigenvalue weighted by molar-refractivity contribution is -0.142. The van der Waals surface area contributed by atoms with Crippen LogP contribution in [0, 0.1) is 0 Å². The Morgan fingerprint density at radius 1 is 1.00 bits per heavy atom. The number of anilines is 1. The number of carbonyl (C=O) groups excluding carboxylic acids is 2. The van der Waals surface area contributed by atoms with E-state index in [1.54, 1.807) is 6.92 Å². The summed E-state index contributed by atoms with van der Waals surface area (Å²) in [6.07, 6.45) is 0.185. The maximum absolute atomic E-state index is 12.9. The Morgan fingerprint density at radius 2 is 1.77 bits per heavy atom. The number of hydrogen-bond acceptors (Lipinski definition) is 4. The van der Waals surface area contributed by atoms with Crippen LogP contribution >= 0.6 is 0 Å². The Labute approximate surface area is 175 Å². The van der Waals surface area contributed by atoms with E-state index in [4.69, 9.17) is 9.73 Å². The van der Waals surface area contributed by atoms with E-state index in [-0.39, 0.29) is 18.3 Å². The van der Waals surface area contributed by atoms with Crippen LogP contribution in [0.25, 0.3) is 0 Å². The zero-order valence-electron chi connectivity index (χ0n) is 16.7. The maximum atomic E-state index is 12.9. The van der Waals surface area contributed by atoms with Gasteiger partial charge in [0.1, 0.15) is 5.92 Å². The fraction of sp³-hybridized carbons (Fsp3) is 0.160. The number of nitrogens with zero attached hydrogens (tertiary/aromatic N) is 1. The summed E-state index contributed by atoms with van der Waals surface area (Å²) in [6, 6.07) is 24.8. The van der Waals surface area contributed by atoms with Gasteiger partial charge < -0.3 is 10.1 Å². The summed E-state index contributed by atoms with van der Waals surface area (Å²) in [5, 5.41) is 2.95. The smallest absolute Gasteiger partial charge is 0.310 e. The first-order valence-electron chi connectivity index (χ1n) is 9.94. The van der Waals surface area contributed by atoms with Crippen molar-refractivity contribution < 1.29 is 14.3 Å². The van der Waals surface area contributed by atoms with Crippen molar-refractivity contribution in [2.45, 2.75) is 19.3 Å². The van der Waals surface area contributed by atoms with Crippen LogP contribution in [-0.4, -0.2) is 24.2 Å². The van der Waals surface area contributed by atoms with E-state index in [9.17, 15) is 9.59 Å². The molecule has 1 aliphatic heterocycles. The van der Waals surface area contributed by atoms with Gasteiger partial charge in [-0.05, 0) is 41.8 Å². The minimum atomic E-state index is -0.502. The molecule has 4 rings (SSSR count). The summed E-state index contributed by atoms with van der Waals surface area (Å²) >= 11 is 0. The molecule has 1 atom stereocenters. The number of para-hydroxylation sites is 1. The lowest BCUT2D eigenvalue weighted by Gasteiger charge is -2.14. The zero-order chi connectivity index (χ0) is 20.9. The SMILES string of the molecule is CCOC(=O)Cc1cccc(N=C(c2ccccc2)C2C(=O)Nc3ccccc32)c1. The second-order valence-corrected chi connectivity index (χ2v) is 7.02. The standard InChI is InChI=1S/C25H22N2O3/c1-2-30-22(28)16-17-9-8-12-19(15-17)26-24(18-10-4-3-5-11-18)23-20-13-6-7-14-21(20)27-25(23)29/h3-15,23H,2,16H2,1H3,(H,27,29). The minimum absolute atomic E-state index is 0.0959. The average molecular weight is 398 g/mol. The van der Waals surface area contributed by atoms with Crippen LogP contribution in [0.3, 0.4) is 0 Å².